The van der Waals surface area contributed by atoms with Gasteiger partial charge in [0.05, 0.1) is 7.11 Å². The average Bonchev–Trinajstić information content (AvgIpc) is 2.36. The summed E-state index contributed by atoms with van der Waals surface area (Å²) in [6, 6.07) is 11.0. The normalized spacial score (nSPS) is 8.71. The van der Waals surface area contributed by atoms with Gasteiger partial charge in [0.15, 0.2) is 11.3 Å². The van der Waals surface area contributed by atoms with E-state index in [0.29, 0.717) is 5.75 Å². The minimum absolute atomic E-state index is 0.0655. The molecule has 0 saturated carbocycles. The molecule has 1 aromatic rings. The summed E-state index contributed by atoms with van der Waals surface area (Å²) in [6.07, 6.45) is 0. The number of benzene rings is 1. The Kier molecular flexibility index (Phi) is 4.59. The monoisotopic (exact) mass is 228 g/mol. The molecule has 0 spiro atoms. The summed E-state index contributed by atoms with van der Waals surface area (Å²) >= 11 is 0. The van der Waals surface area contributed by atoms with Crippen molar-refractivity contribution in [2.45, 2.75) is 6.92 Å². The van der Waals surface area contributed by atoms with Gasteiger partial charge in [0, 0.05) is 0 Å². The Morgan fingerprint density at radius 2 is 1.76 bits per heavy atom. The van der Waals surface area contributed by atoms with Gasteiger partial charge in [0.1, 0.15) is 24.5 Å². The van der Waals surface area contributed by atoms with Gasteiger partial charge >= 0.3 is 0 Å². The van der Waals surface area contributed by atoms with Crippen LogP contribution in [0.25, 0.3) is 0 Å². The van der Waals surface area contributed by atoms with E-state index in [0.717, 1.165) is 5.56 Å². The number of allylic oxidation sites excluding steroid dienone is 1. The van der Waals surface area contributed by atoms with Crippen molar-refractivity contribution in [1.82, 2.24) is 0 Å². The van der Waals surface area contributed by atoms with Crippen LogP contribution in [0, 0.1) is 29.6 Å². The van der Waals surface area contributed by atoms with Crippen LogP contribution in [0.3, 0.4) is 0 Å². The van der Waals surface area contributed by atoms with Gasteiger partial charge in [-0.1, -0.05) is 17.7 Å². The third kappa shape index (κ3) is 3.55. The molecule has 0 aliphatic carbocycles. The fourth-order valence-electron chi connectivity index (χ4n) is 1.17. The third-order valence-electron chi connectivity index (χ3n) is 2.14. The van der Waals surface area contributed by atoms with E-state index in [1.807, 2.05) is 31.2 Å². The maximum Gasteiger partial charge on any atom is 0.170 e. The second-order valence-corrected chi connectivity index (χ2v) is 3.33. The summed E-state index contributed by atoms with van der Waals surface area (Å²) in [5.74, 6) is 0.899. The van der Waals surface area contributed by atoms with Crippen LogP contribution >= 0.6 is 0 Å². The van der Waals surface area contributed by atoms with Crippen LogP contribution in [0.4, 0.5) is 0 Å². The third-order valence-corrected chi connectivity index (χ3v) is 2.14. The fraction of sp³-hybridized carbons (Fsp3) is 0.231. The van der Waals surface area contributed by atoms with E-state index in [-0.39, 0.29) is 17.9 Å². The minimum Gasteiger partial charge on any atom is -0.495 e. The second kappa shape index (κ2) is 6.19. The van der Waals surface area contributed by atoms with Gasteiger partial charge in [-0.3, -0.25) is 0 Å². The van der Waals surface area contributed by atoms with E-state index >= 15 is 0 Å². The number of aryl methyl sites for hydroxylation is 1. The lowest BCUT2D eigenvalue weighted by molar-refractivity contribution is 0.217. The van der Waals surface area contributed by atoms with Gasteiger partial charge in [0.2, 0.25) is 0 Å². The van der Waals surface area contributed by atoms with Crippen LogP contribution in [0.1, 0.15) is 5.56 Å². The molecule has 17 heavy (non-hydrogen) atoms. The number of ether oxygens (including phenoxy) is 2. The SMILES string of the molecule is COC(COc1ccc(C)cc1)=C(C#N)C#N. The molecule has 0 saturated heterocycles. The highest BCUT2D eigenvalue weighted by molar-refractivity contribution is 5.38. The average molecular weight is 228 g/mol. The molecule has 0 N–H and O–H groups in total. The molecule has 0 amide bonds. The van der Waals surface area contributed by atoms with Crippen molar-refractivity contribution < 1.29 is 9.47 Å². The molecule has 0 unspecified atom stereocenters. The van der Waals surface area contributed by atoms with Crippen molar-refractivity contribution in [1.29, 1.82) is 10.5 Å². The van der Waals surface area contributed by atoms with E-state index in [2.05, 4.69) is 0 Å². The van der Waals surface area contributed by atoms with Crippen LogP contribution in [0.5, 0.6) is 5.75 Å². The molecule has 1 rings (SSSR count). The van der Waals surface area contributed by atoms with Crippen LogP contribution in [-0.4, -0.2) is 13.7 Å². The first-order valence-corrected chi connectivity index (χ1v) is 4.98. The lowest BCUT2D eigenvalue weighted by Crippen LogP contribution is -2.05. The Balaban J connectivity index is 2.73. The Labute approximate surface area is 100 Å². The molecule has 4 heteroatoms. The number of nitriles is 2. The number of hydrogen-bond acceptors (Lipinski definition) is 4. The zero-order valence-corrected chi connectivity index (χ0v) is 9.73. The molecule has 0 fully saturated rings. The van der Waals surface area contributed by atoms with Crippen LogP contribution < -0.4 is 4.74 Å². The van der Waals surface area contributed by atoms with E-state index in [9.17, 15) is 0 Å². The Morgan fingerprint density at radius 1 is 1.18 bits per heavy atom. The minimum atomic E-state index is -0.0698. The smallest absolute Gasteiger partial charge is 0.170 e. The molecule has 0 radical (unpaired) electrons. The quantitative estimate of drug-likeness (QED) is 0.586. The highest BCUT2D eigenvalue weighted by atomic mass is 16.5. The summed E-state index contributed by atoms with van der Waals surface area (Å²) in [4.78, 5) is 0. The Morgan fingerprint density at radius 3 is 2.24 bits per heavy atom. The second-order valence-electron chi connectivity index (χ2n) is 3.33. The lowest BCUT2D eigenvalue weighted by atomic mass is 10.2. The van der Waals surface area contributed by atoms with Gasteiger partial charge in [-0.15, -0.1) is 0 Å². The van der Waals surface area contributed by atoms with E-state index in [4.69, 9.17) is 20.0 Å². The Bertz CT molecular complexity index is 474. The standard InChI is InChI=1S/C13H12N2O2/c1-10-3-5-12(6-4-10)17-9-13(16-2)11(7-14)8-15/h3-6H,9H2,1-2H3. The van der Waals surface area contributed by atoms with E-state index < -0.39 is 0 Å². The summed E-state index contributed by atoms with van der Waals surface area (Å²) < 4.78 is 10.4. The van der Waals surface area contributed by atoms with Gasteiger partial charge < -0.3 is 9.47 Å². The van der Waals surface area contributed by atoms with Gasteiger partial charge in [-0.25, -0.2) is 0 Å². The molecule has 4 nitrogen and oxygen atoms in total. The highest BCUT2D eigenvalue weighted by Crippen LogP contribution is 2.13. The number of hydrogen-bond donors (Lipinski definition) is 0. The largest absolute Gasteiger partial charge is 0.495 e. The topological polar surface area (TPSA) is 66.0 Å². The summed E-state index contributed by atoms with van der Waals surface area (Å²) in [5, 5.41) is 17.4. The molecule has 0 bridgehead atoms. The first-order chi connectivity index (χ1) is 8.21. The van der Waals surface area contributed by atoms with Crippen LogP contribution in [-0.2, 0) is 4.74 Å². The number of nitrogens with zero attached hydrogens (tertiary/aromatic N) is 2. The molecular weight excluding hydrogens is 216 g/mol. The van der Waals surface area contributed by atoms with Crippen LogP contribution in [0.15, 0.2) is 35.6 Å². The molecule has 0 aromatic heterocycles. The summed E-state index contributed by atoms with van der Waals surface area (Å²) in [6.45, 7) is 2.05. The number of rotatable bonds is 4. The molecular formula is C13H12N2O2. The first-order valence-electron chi connectivity index (χ1n) is 4.98. The van der Waals surface area contributed by atoms with Gasteiger partial charge in [-0.05, 0) is 19.1 Å². The molecule has 0 aliphatic rings. The van der Waals surface area contributed by atoms with Gasteiger partial charge in [-0.2, -0.15) is 10.5 Å². The van der Waals surface area contributed by atoms with Crippen molar-refractivity contribution in [2.24, 2.45) is 0 Å². The number of methoxy groups -OCH3 is 1. The maximum atomic E-state index is 8.70. The molecule has 0 aliphatic heterocycles. The molecule has 86 valence electrons. The van der Waals surface area contributed by atoms with Crippen molar-refractivity contribution in [2.75, 3.05) is 13.7 Å². The van der Waals surface area contributed by atoms with Crippen molar-refractivity contribution >= 4 is 0 Å². The van der Waals surface area contributed by atoms with Crippen molar-refractivity contribution in [3.05, 3.63) is 41.2 Å². The van der Waals surface area contributed by atoms with Crippen molar-refractivity contribution in [3.8, 4) is 17.9 Å². The molecule has 0 atom stereocenters. The fourth-order valence-corrected chi connectivity index (χ4v) is 1.17. The van der Waals surface area contributed by atoms with Crippen molar-refractivity contribution in [3.63, 3.8) is 0 Å². The zero-order chi connectivity index (χ0) is 12.7. The highest BCUT2D eigenvalue weighted by Gasteiger charge is 2.07. The van der Waals surface area contributed by atoms with E-state index in [1.165, 1.54) is 7.11 Å². The lowest BCUT2D eigenvalue weighted by Gasteiger charge is -2.08. The maximum absolute atomic E-state index is 8.70. The molecule has 0 heterocycles. The Hall–Kier alpha value is -2.46. The predicted octanol–water partition coefficient (Wildman–Crippen LogP) is 2.32. The predicted molar refractivity (Wildman–Crippen MR) is 61.9 cm³/mol. The van der Waals surface area contributed by atoms with E-state index in [1.54, 1.807) is 12.1 Å². The molecule has 1 aromatic carbocycles. The van der Waals surface area contributed by atoms with Gasteiger partial charge in [0.25, 0.3) is 0 Å². The summed E-state index contributed by atoms with van der Waals surface area (Å²) in [7, 11) is 1.41. The zero-order valence-electron chi connectivity index (χ0n) is 9.73. The first kappa shape index (κ1) is 12.6. The summed E-state index contributed by atoms with van der Waals surface area (Å²) in [5.41, 5.74) is 1.06. The van der Waals surface area contributed by atoms with Crippen LogP contribution in [0.2, 0.25) is 0 Å².